The Kier molecular flexibility index (Phi) is 6.04. The summed E-state index contributed by atoms with van der Waals surface area (Å²) in [6.45, 7) is 5.65. The highest BCUT2D eigenvalue weighted by Gasteiger charge is 2.20. The summed E-state index contributed by atoms with van der Waals surface area (Å²) in [5.41, 5.74) is 3.57. The summed E-state index contributed by atoms with van der Waals surface area (Å²) < 4.78 is 29.1. The van der Waals surface area contributed by atoms with Crippen molar-refractivity contribution >= 4 is 37.9 Å². The van der Waals surface area contributed by atoms with Gasteiger partial charge in [-0.25, -0.2) is 13.4 Å². The Bertz CT molecular complexity index is 1150. The smallest absolute Gasteiger partial charge is 0.230 e. The second-order valence-electron chi connectivity index (χ2n) is 6.80. The molecular formula is C21H22N2O4S2. The Labute approximate surface area is 174 Å². The first-order chi connectivity index (χ1) is 13.6. The first-order valence-corrected chi connectivity index (χ1v) is 11.7. The molecule has 0 unspecified atom stereocenters. The van der Waals surface area contributed by atoms with Gasteiger partial charge in [0.1, 0.15) is 12.4 Å². The summed E-state index contributed by atoms with van der Waals surface area (Å²) in [6, 6.07) is 12.2. The zero-order valence-corrected chi connectivity index (χ0v) is 18.3. The van der Waals surface area contributed by atoms with Crippen LogP contribution in [0.25, 0.3) is 0 Å². The molecule has 1 amide bonds. The molecule has 3 aromatic rings. The van der Waals surface area contributed by atoms with Gasteiger partial charge in [-0.1, -0.05) is 23.8 Å². The highest BCUT2D eigenvalue weighted by Crippen LogP contribution is 2.32. The van der Waals surface area contributed by atoms with E-state index in [1.165, 1.54) is 30.4 Å². The standard InChI is InChI=1S/C21H22N2O4S2/c1-14-8-9-20(15(2)10-14)23(16(3)24)21-22-17(13-28-21)12-27-18-6-5-7-19(11-18)29(4,25)26/h5-11,13H,12H2,1-4H3. The van der Waals surface area contributed by atoms with Crippen molar-refractivity contribution in [2.24, 2.45) is 0 Å². The van der Waals surface area contributed by atoms with Crippen molar-refractivity contribution in [1.82, 2.24) is 4.98 Å². The number of carbonyl (C=O) groups excluding carboxylic acids is 1. The topological polar surface area (TPSA) is 76.6 Å². The van der Waals surface area contributed by atoms with Crippen molar-refractivity contribution in [2.75, 3.05) is 11.2 Å². The number of benzene rings is 2. The van der Waals surface area contributed by atoms with Crippen LogP contribution in [0.4, 0.5) is 10.8 Å². The molecule has 0 atom stereocenters. The van der Waals surface area contributed by atoms with Crippen LogP contribution in [0, 0.1) is 13.8 Å². The zero-order valence-electron chi connectivity index (χ0n) is 16.7. The summed E-state index contributed by atoms with van der Waals surface area (Å²) in [6.07, 6.45) is 1.15. The van der Waals surface area contributed by atoms with Crippen molar-refractivity contribution in [2.45, 2.75) is 32.3 Å². The van der Waals surface area contributed by atoms with Crippen molar-refractivity contribution in [3.63, 3.8) is 0 Å². The number of aromatic nitrogens is 1. The Balaban J connectivity index is 1.80. The van der Waals surface area contributed by atoms with Gasteiger partial charge in [-0.2, -0.15) is 0 Å². The maximum absolute atomic E-state index is 12.3. The number of amides is 1. The molecule has 0 fully saturated rings. The SMILES string of the molecule is CC(=O)N(c1nc(COc2cccc(S(C)(=O)=O)c2)cs1)c1ccc(C)cc1C. The van der Waals surface area contributed by atoms with Crippen LogP contribution in [0.1, 0.15) is 23.7 Å². The third kappa shape index (κ3) is 5.02. The third-order valence-corrected chi connectivity index (χ3v) is 6.24. The fraction of sp³-hybridized carbons (Fsp3) is 0.238. The van der Waals surface area contributed by atoms with E-state index in [0.717, 1.165) is 23.1 Å². The molecule has 0 aliphatic carbocycles. The Hall–Kier alpha value is -2.71. The average Bonchev–Trinajstić information content (AvgIpc) is 3.10. The Morgan fingerprint density at radius 2 is 1.93 bits per heavy atom. The number of carbonyl (C=O) groups is 1. The molecular weight excluding hydrogens is 408 g/mol. The van der Waals surface area contributed by atoms with Crippen LogP contribution in [0.3, 0.4) is 0 Å². The quantitative estimate of drug-likeness (QED) is 0.578. The average molecular weight is 431 g/mol. The maximum Gasteiger partial charge on any atom is 0.230 e. The number of anilines is 2. The molecule has 0 radical (unpaired) electrons. The minimum absolute atomic E-state index is 0.125. The number of hydrogen-bond donors (Lipinski definition) is 0. The predicted octanol–water partition coefficient (Wildman–Crippen LogP) is 4.43. The summed E-state index contributed by atoms with van der Waals surface area (Å²) in [5.74, 6) is 0.319. The normalized spacial score (nSPS) is 11.3. The third-order valence-electron chi connectivity index (χ3n) is 4.26. The van der Waals surface area contributed by atoms with Crippen LogP contribution in [-0.4, -0.2) is 25.6 Å². The summed E-state index contributed by atoms with van der Waals surface area (Å²) in [4.78, 5) is 18.6. The number of rotatable bonds is 6. The van der Waals surface area contributed by atoms with Gasteiger partial charge < -0.3 is 4.74 Å². The summed E-state index contributed by atoms with van der Waals surface area (Å²) in [5, 5.41) is 2.39. The number of thiazole rings is 1. The molecule has 1 heterocycles. The molecule has 6 nitrogen and oxygen atoms in total. The predicted molar refractivity (Wildman–Crippen MR) is 115 cm³/mol. The highest BCUT2D eigenvalue weighted by atomic mass is 32.2. The van der Waals surface area contributed by atoms with E-state index < -0.39 is 9.84 Å². The van der Waals surface area contributed by atoms with Gasteiger partial charge in [0.05, 0.1) is 16.3 Å². The number of ether oxygens (including phenoxy) is 1. The molecule has 0 aliphatic rings. The van der Waals surface area contributed by atoms with Crippen LogP contribution in [0.15, 0.2) is 52.7 Å². The maximum atomic E-state index is 12.3. The highest BCUT2D eigenvalue weighted by molar-refractivity contribution is 7.90. The van der Waals surface area contributed by atoms with E-state index in [4.69, 9.17) is 4.74 Å². The fourth-order valence-electron chi connectivity index (χ4n) is 2.88. The molecule has 2 aromatic carbocycles. The molecule has 8 heteroatoms. The molecule has 0 bridgehead atoms. The fourth-order valence-corrected chi connectivity index (χ4v) is 4.40. The number of nitrogens with zero attached hydrogens (tertiary/aromatic N) is 2. The van der Waals surface area contributed by atoms with Gasteiger partial charge in [0.2, 0.25) is 5.91 Å². The van der Waals surface area contributed by atoms with E-state index in [0.29, 0.717) is 16.6 Å². The minimum Gasteiger partial charge on any atom is -0.487 e. The van der Waals surface area contributed by atoms with Gasteiger partial charge in [-0.05, 0) is 43.7 Å². The van der Waals surface area contributed by atoms with Gasteiger partial charge >= 0.3 is 0 Å². The lowest BCUT2D eigenvalue weighted by Gasteiger charge is -2.20. The van der Waals surface area contributed by atoms with Gasteiger partial charge in [0.25, 0.3) is 0 Å². The second kappa shape index (κ2) is 8.34. The lowest BCUT2D eigenvalue weighted by molar-refractivity contribution is -0.115. The molecule has 0 spiro atoms. The molecule has 3 rings (SSSR count). The molecule has 0 saturated carbocycles. The van der Waals surface area contributed by atoms with E-state index in [1.54, 1.807) is 17.0 Å². The van der Waals surface area contributed by atoms with E-state index in [2.05, 4.69) is 4.98 Å². The molecule has 152 valence electrons. The first kappa shape index (κ1) is 21.0. The largest absolute Gasteiger partial charge is 0.487 e. The van der Waals surface area contributed by atoms with Gasteiger partial charge in [-0.3, -0.25) is 9.69 Å². The van der Waals surface area contributed by atoms with Crippen LogP contribution in [0.2, 0.25) is 0 Å². The molecule has 1 aromatic heterocycles. The number of sulfone groups is 1. The molecule has 0 aliphatic heterocycles. The Morgan fingerprint density at radius 1 is 1.17 bits per heavy atom. The lowest BCUT2D eigenvalue weighted by atomic mass is 10.1. The summed E-state index contributed by atoms with van der Waals surface area (Å²) in [7, 11) is -3.30. The Morgan fingerprint density at radius 3 is 2.59 bits per heavy atom. The van der Waals surface area contributed by atoms with Crippen molar-refractivity contribution < 1.29 is 17.9 Å². The van der Waals surface area contributed by atoms with E-state index >= 15 is 0 Å². The zero-order chi connectivity index (χ0) is 21.2. The van der Waals surface area contributed by atoms with Crippen LogP contribution in [-0.2, 0) is 21.2 Å². The minimum atomic E-state index is -3.30. The van der Waals surface area contributed by atoms with Crippen molar-refractivity contribution in [3.05, 3.63) is 64.7 Å². The summed E-state index contributed by atoms with van der Waals surface area (Å²) >= 11 is 1.35. The van der Waals surface area contributed by atoms with Crippen LogP contribution < -0.4 is 9.64 Å². The van der Waals surface area contributed by atoms with Crippen molar-refractivity contribution in [3.8, 4) is 5.75 Å². The first-order valence-electron chi connectivity index (χ1n) is 8.90. The number of aryl methyl sites for hydroxylation is 2. The van der Waals surface area contributed by atoms with Gasteiger partial charge in [0.15, 0.2) is 15.0 Å². The van der Waals surface area contributed by atoms with Crippen LogP contribution in [0.5, 0.6) is 5.75 Å². The van der Waals surface area contributed by atoms with E-state index in [9.17, 15) is 13.2 Å². The second-order valence-corrected chi connectivity index (χ2v) is 9.65. The van der Waals surface area contributed by atoms with Crippen molar-refractivity contribution in [1.29, 1.82) is 0 Å². The van der Waals surface area contributed by atoms with Gasteiger partial charge in [0, 0.05) is 18.6 Å². The molecule has 0 saturated heterocycles. The van der Waals surface area contributed by atoms with E-state index in [1.807, 2.05) is 37.4 Å². The molecule has 29 heavy (non-hydrogen) atoms. The number of hydrogen-bond acceptors (Lipinski definition) is 6. The molecule has 0 N–H and O–H groups in total. The monoisotopic (exact) mass is 430 g/mol. The lowest BCUT2D eigenvalue weighted by Crippen LogP contribution is -2.23. The van der Waals surface area contributed by atoms with Crippen LogP contribution >= 0.6 is 11.3 Å². The van der Waals surface area contributed by atoms with E-state index in [-0.39, 0.29) is 17.4 Å². The van der Waals surface area contributed by atoms with Gasteiger partial charge in [-0.15, -0.1) is 11.3 Å².